The number of benzene rings is 1. The zero-order valence-corrected chi connectivity index (χ0v) is 14.5. The summed E-state index contributed by atoms with van der Waals surface area (Å²) in [5.41, 5.74) is 0.584. The molecule has 0 N–H and O–H groups in total. The second kappa shape index (κ2) is 6.51. The molecule has 1 amide bonds. The number of piperidine rings is 1. The minimum atomic E-state index is 0.0333. The fraction of sp³-hybridized carbons (Fsp3) is 0.312. The molecule has 2 nitrogen and oxygen atoms in total. The highest BCUT2D eigenvalue weighted by Crippen LogP contribution is 2.32. The molecule has 0 saturated carbocycles. The summed E-state index contributed by atoms with van der Waals surface area (Å²) in [5, 5.41) is 2.64. The van der Waals surface area contributed by atoms with Crippen LogP contribution in [-0.4, -0.2) is 23.9 Å². The molecule has 1 aromatic heterocycles. The van der Waals surface area contributed by atoms with Crippen LogP contribution in [0, 0.1) is 0 Å². The molecule has 5 heteroatoms. The van der Waals surface area contributed by atoms with Gasteiger partial charge in [-0.25, -0.2) is 0 Å². The van der Waals surface area contributed by atoms with E-state index >= 15 is 0 Å². The van der Waals surface area contributed by atoms with E-state index in [2.05, 4.69) is 33.4 Å². The summed E-state index contributed by atoms with van der Waals surface area (Å²) in [6.45, 7) is 1.59. The van der Waals surface area contributed by atoms with Crippen LogP contribution in [0.5, 0.6) is 0 Å². The van der Waals surface area contributed by atoms with E-state index in [4.69, 9.17) is 11.6 Å². The van der Waals surface area contributed by atoms with E-state index < -0.39 is 0 Å². The van der Waals surface area contributed by atoms with Crippen LogP contribution in [0.1, 0.15) is 34.0 Å². The van der Waals surface area contributed by atoms with Gasteiger partial charge in [-0.05, 0) is 48.4 Å². The Morgan fingerprint density at radius 2 is 2.05 bits per heavy atom. The van der Waals surface area contributed by atoms with Crippen LogP contribution in [0.2, 0.25) is 5.02 Å². The van der Waals surface area contributed by atoms with Gasteiger partial charge in [-0.15, -0.1) is 11.3 Å². The molecule has 0 bridgehead atoms. The number of nitrogens with zero attached hydrogens (tertiary/aromatic N) is 1. The van der Waals surface area contributed by atoms with Gasteiger partial charge in [0.25, 0.3) is 5.91 Å². The molecule has 0 spiro atoms. The summed E-state index contributed by atoms with van der Waals surface area (Å²) in [7, 11) is 0. The summed E-state index contributed by atoms with van der Waals surface area (Å²) in [5.74, 6) is 0.623. The number of thiophene rings is 1. The second-order valence-electron chi connectivity index (χ2n) is 5.21. The van der Waals surface area contributed by atoms with Gasteiger partial charge in [-0.1, -0.05) is 33.6 Å². The maximum absolute atomic E-state index is 12.6. The van der Waals surface area contributed by atoms with Gasteiger partial charge in [-0.2, -0.15) is 0 Å². The highest BCUT2D eigenvalue weighted by atomic mass is 79.9. The van der Waals surface area contributed by atoms with E-state index in [-0.39, 0.29) is 5.91 Å². The van der Waals surface area contributed by atoms with Crippen LogP contribution in [0.4, 0.5) is 0 Å². The summed E-state index contributed by atoms with van der Waals surface area (Å²) in [6, 6.07) is 9.70. The van der Waals surface area contributed by atoms with Crippen molar-refractivity contribution >= 4 is 44.8 Å². The first-order valence-corrected chi connectivity index (χ1v) is 8.98. The van der Waals surface area contributed by atoms with Crippen LogP contribution < -0.4 is 0 Å². The van der Waals surface area contributed by atoms with Crippen molar-refractivity contribution in [2.24, 2.45) is 0 Å². The summed E-state index contributed by atoms with van der Waals surface area (Å²) in [4.78, 5) is 15.9. The maximum Gasteiger partial charge on any atom is 0.255 e. The largest absolute Gasteiger partial charge is 0.339 e. The molecule has 0 aliphatic carbocycles. The standard InChI is InChI=1S/C16H15BrClNOS/c17-12-3-4-14(18)13(10-12)16(20)19-7-5-11(6-8-19)15-2-1-9-21-15/h1-4,9-11H,5-8H2. The van der Waals surface area contributed by atoms with Gasteiger partial charge in [0, 0.05) is 22.4 Å². The first-order valence-electron chi connectivity index (χ1n) is 6.93. The van der Waals surface area contributed by atoms with E-state index in [1.54, 1.807) is 12.1 Å². The van der Waals surface area contributed by atoms with Crippen molar-refractivity contribution in [1.29, 1.82) is 0 Å². The number of halogens is 2. The molecule has 2 heterocycles. The summed E-state index contributed by atoms with van der Waals surface area (Å²) >= 11 is 11.4. The van der Waals surface area contributed by atoms with Crippen molar-refractivity contribution in [3.8, 4) is 0 Å². The average Bonchev–Trinajstić information content (AvgIpc) is 3.03. The number of carbonyl (C=O) groups is 1. The fourth-order valence-corrected chi connectivity index (χ4v) is 4.18. The molecule has 110 valence electrons. The van der Waals surface area contributed by atoms with E-state index in [1.165, 1.54) is 4.88 Å². The quantitative estimate of drug-likeness (QED) is 0.698. The minimum absolute atomic E-state index is 0.0333. The molecule has 0 unspecified atom stereocenters. The lowest BCUT2D eigenvalue weighted by Gasteiger charge is -2.32. The predicted molar refractivity (Wildman–Crippen MR) is 91.3 cm³/mol. The van der Waals surface area contributed by atoms with Crippen molar-refractivity contribution in [2.75, 3.05) is 13.1 Å². The van der Waals surface area contributed by atoms with Crippen molar-refractivity contribution in [2.45, 2.75) is 18.8 Å². The summed E-state index contributed by atoms with van der Waals surface area (Å²) < 4.78 is 0.878. The monoisotopic (exact) mass is 383 g/mol. The number of likely N-dealkylation sites (tertiary alicyclic amines) is 1. The molecule has 1 fully saturated rings. The Bertz CT molecular complexity index is 636. The van der Waals surface area contributed by atoms with E-state index in [9.17, 15) is 4.79 Å². The number of hydrogen-bond acceptors (Lipinski definition) is 2. The number of rotatable bonds is 2. The second-order valence-corrected chi connectivity index (χ2v) is 7.51. The Kier molecular flexibility index (Phi) is 4.67. The molecular formula is C16H15BrClNOS. The summed E-state index contributed by atoms with van der Waals surface area (Å²) in [6.07, 6.45) is 2.05. The predicted octanol–water partition coefficient (Wildman–Crippen LogP) is 5.18. The lowest BCUT2D eigenvalue weighted by atomic mass is 9.95. The molecule has 1 aliphatic heterocycles. The number of amides is 1. The first-order chi connectivity index (χ1) is 10.1. The van der Waals surface area contributed by atoms with Gasteiger partial charge in [0.1, 0.15) is 0 Å². The maximum atomic E-state index is 12.6. The third kappa shape index (κ3) is 3.33. The van der Waals surface area contributed by atoms with Crippen molar-refractivity contribution in [3.63, 3.8) is 0 Å². The van der Waals surface area contributed by atoms with Crippen molar-refractivity contribution < 1.29 is 4.79 Å². The molecule has 2 aromatic rings. The van der Waals surface area contributed by atoms with Gasteiger partial charge < -0.3 is 4.90 Å². The molecule has 1 aliphatic rings. The lowest BCUT2D eigenvalue weighted by Crippen LogP contribution is -2.37. The van der Waals surface area contributed by atoms with Crippen molar-refractivity contribution in [1.82, 2.24) is 4.90 Å². The van der Waals surface area contributed by atoms with E-state index in [1.807, 2.05) is 22.3 Å². The number of carbonyl (C=O) groups excluding carboxylic acids is 1. The van der Waals surface area contributed by atoms with Crippen LogP contribution in [0.25, 0.3) is 0 Å². The molecule has 1 saturated heterocycles. The van der Waals surface area contributed by atoms with Crippen LogP contribution in [0.3, 0.4) is 0 Å². The topological polar surface area (TPSA) is 20.3 Å². The zero-order valence-electron chi connectivity index (χ0n) is 11.4. The highest BCUT2D eigenvalue weighted by Gasteiger charge is 2.26. The molecule has 3 rings (SSSR count). The van der Waals surface area contributed by atoms with Gasteiger partial charge in [0.15, 0.2) is 0 Å². The van der Waals surface area contributed by atoms with Crippen LogP contribution in [0.15, 0.2) is 40.2 Å². The van der Waals surface area contributed by atoms with Gasteiger partial charge >= 0.3 is 0 Å². The van der Waals surface area contributed by atoms with E-state index in [0.29, 0.717) is 16.5 Å². The third-order valence-electron chi connectivity index (χ3n) is 3.89. The molecule has 21 heavy (non-hydrogen) atoms. The fourth-order valence-electron chi connectivity index (χ4n) is 2.72. The molecule has 0 radical (unpaired) electrons. The van der Waals surface area contributed by atoms with Crippen LogP contribution >= 0.6 is 38.9 Å². The average molecular weight is 385 g/mol. The Balaban J connectivity index is 1.69. The van der Waals surface area contributed by atoms with Crippen LogP contribution in [-0.2, 0) is 0 Å². The first kappa shape index (κ1) is 15.1. The number of hydrogen-bond donors (Lipinski definition) is 0. The third-order valence-corrected chi connectivity index (χ3v) is 5.74. The SMILES string of the molecule is O=C(c1cc(Br)ccc1Cl)N1CCC(c2cccs2)CC1. The molecule has 1 aromatic carbocycles. The van der Waals surface area contributed by atoms with E-state index in [0.717, 1.165) is 30.4 Å². The van der Waals surface area contributed by atoms with Gasteiger partial charge in [0.05, 0.1) is 10.6 Å². The normalized spacial score (nSPS) is 16.2. The molecular weight excluding hydrogens is 370 g/mol. The Morgan fingerprint density at radius 3 is 2.71 bits per heavy atom. The smallest absolute Gasteiger partial charge is 0.255 e. The zero-order chi connectivity index (χ0) is 14.8. The molecule has 0 atom stereocenters. The van der Waals surface area contributed by atoms with Gasteiger partial charge in [-0.3, -0.25) is 4.79 Å². The highest BCUT2D eigenvalue weighted by molar-refractivity contribution is 9.10. The minimum Gasteiger partial charge on any atom is -0.339 e. The Labute approximate surface area is 141 Å². The Hall–Kier alpha value is -0.840. The lowest BCUT2D eigenvalue weighted by molar-refractivity contribution is 0.0714. The van der Waals surface area contributed by atoms with Crippen molar-refractivity contribution in [3.05, 3.63) is 55.6 Å². The Morgan fingerprint density at radius 1 is 1.29 bits per heavy atom. The van der Waals surface area contributed by atoms with Gasteiger partial charge in [0.2, 0.25) is 0 Å².